The maximum atomic E-state index is 9.92. The highest BCUT2D eigenvalue weighted by Crippen LogP contribution is 2.19. The van der Waals surface area contributed by atoms with Crippen molar-refractivity contribution in [2.75, 3.05) is 0 Å². The molecule has 0 aliphatic carbocycles. The van der Waals surface area contributed by atoms with Crippen molar-refractivity contribution in [3.8, 4) is 11.5 Å². The number of nitrogens with zero attached hydrogens (tertiary/aromatic N) is 4. The van der Waals surface area contributed by atoms with E-state index in [0.29, 0.717) is 22.7 Å². The van der Waals surface area contributed by atoms with E-state index in [0.717, 1.165) is 4.73 Å². The second kappa shape index (κ2) is 3.30. The Bertz CT molecular complexity index is 633. The maximum Gasteiger partial charge on any atom is 0.196 e. The molecule has 3 aromatic heterocycles. The van der Waals surface area contributed by atoms with E-state index in [4.69, 9.17) is 0 Å². The van der Waals surface area contributed by atoms with Gasteiger partial charge in [0.2, 0.25) is 0 Å². The SMILES string of the molecule is On1c(-c2ccccn2)nc2ncccc21. The van der Waals surface area contributed by atoms with E-state index in [1.807, 2.05) is 12.1 Å². The van der Waals surface area contributed by atoms with Gasteiger partial charge < -0.3 is 5.21 Å². The van der Waals surface area contributed by atoms with Crippen LogP contribution in [-0.2, 0) is 0 Å². The number of imidazole rings is 1. The Labute approximate surface area is 91.0 Å². The van der Waals surface area contributed by atoms with Gasteiger partial charge in [-0.25, -0.2) is 9.97 Å². The summed E-state index contributed by atoms with van der Waals surface area (Å²) in [6.45, 7) is 0. The molecule has 0 saturated carbocycles. The van der Waals surface area contributed by atoms with Crippen molar-refractivity contribution in [1.29, 1.82) is 0 Å². The number of aromatic nitrogens is 4. The molecule has 0 aliphatic rings. The Kier molecular flexibility index (Phi) is 1.83. The molecule has 3 aromatic rings. The van der Waals surface area contributed by atoms with Crippen LogP contribution in [0.3, 0.4) is 0 Å². The molecule has 0 unspecified atom stereocenters. The molecule has 0 saturated heterocycles. The van der Waals surface area contributed by atoms with Crippen molar-refractivity contribution in [2.45, 2.75) is 0 Å². The van der Waals surface area contributed by atoms with Gasteiger partial charge in [0, 0.05) is 12.4 Å². The number of pyridine rings is 2. The summed E-state index contributed by atoms with van der Waals surface area (Å²) >= 11 is 0. The van der Waals surface area contributed by atoms with Crippen LogP contribution in [0.2, 0.25) is 0 Å². The molecule has 0 bridgehead atoms. The third-order valence-electron chi connectivity index (χ3n) is 2.30. The van der Waals surface area contributed by atoms with Gasteiger partial charge >= 0.3 is 0 Å². The Morgan fingerprint density at radius 3 is 2.62 bits per heavy atom. The standard InChI is InChI=1S/C11H8N4O/c16-15-9-5-3-7-13-10(9)14-11(15)8-4-1-2-6-12-8/h1-7,16H. The minimum absolute atomic E-state index is 0.398. The Morgan fingerprint density at radius 1 is 1.00 bits per heavy atom. The van der Waals surface area contributed by atoms with Crippen LogP contribution in [-0.4, -0.2) is 24.9 Å². The topological polar surface area (TPSA) is 63.8 Å². The molecule has 0 radical (unpaired) electrons. The average Bonchev–Trinajstić information content (AvgIpc) is 2.69. The zero-order valence-corrected chi connectivity index (χ0v) is 8.28. The van der Waals surface area contributed by atoms with Gasteiger partial charge in [-0.2, -0.15) is 4.73 Å². The smallest absolute Gasteiger partial charge is 0.196 e. The third-order valence-corrected chi connectivity index (χ3v) is 2.30. The minimum atomic E-state index is 0.398. The molecule has 3 rings (SSSR count). The van der Waals surface area contributed by atoms with Gasteiger partial charge in [0.1, 0.15) is 11.2 Å². The summed E-state index contributed by atoms with van der Waals surface area (Å²) in [7, 11) is 0. The van der Waals surface area contributed by atoms with E-state index >= 15 is 0 Å². The number of hydrogen-bond donors (Lipinski definition) is 1. The fraction of sp³-hybridized carbons (Fsp3) is 0. The zero-order chi connectivity index (χ0) is 11.0. The summed E-state index contributed by atoms with van der Waals surface area (Å²) in [5, 5.41) is 9.92. The van der Waals surface area contributed by atoms with E-state index in [1.54, 1.807) is 30.6 Å². The van der Waals surface area contributed by atoms with Crippen molar-refractivity contribution in [2.24, 2.45) is 0 Å². The highest BCUT2D eigenvalue weighted by molar-refractivity contribution is 5.75. The predicted molar refractivity (Wildman–Crippen MR) is 57.9 cm³/mol. The first-order valence-corrected chi connectivity index (χ1v) is 4.80. The second-order valence-corrected chi connectivity index (χ2v) is 3.31. The Morgan fingerprint density at radius 2 is 1.88 bits per heavy atom. The van der Waals surface area contributed by atoms with Crippen LogP contribution in [0.25, 0.3) is 22.7 Å². The molecule has 78 valence electrons. The molecule has 0 fully saturated rings. The molecule has 0 atom stereocenters. The lowest BCUT2D eigenvalue weighted by Gasteiger charge is -1.98. The maximum absolute atomic E-state index is 9.92. The zero-order valence-electron chi connectivity index (χ0n) is 8.28. The molecule has 1 N–H and O–H groups in total. The third kappa shape index (κ3) is 1.22. The number of hydrogen-bond acceptors (Lipinski definition) is 4. The number of rotatable bonds is 1. The van der Waals surface area contributed by atoms with Gasteiger partial charge in [-0.3, -0.25) is 4.98 Å². The average molecular weight is 212 g/mol. The van der Waals surface area contributed by atoms with Gasteiger partial charge in [0.25, 0.3) is 0 Å². The predicted octanol–water partition coefficient (Wildman–Crippen LogP) is 1.73. The first kappa shape index (κ1) is 8.84. The fourth-order valence-corrected chi connectivity index (χ4v) is 1.56. The molecule has 0 spiro atoms. The lowest BCUT2D eigenvalue weighted by Crippen LogP contribution is -1.95. The monoisotopic (exact) mass is 212 g/mol. The van der Waals surface area contributed by atoms with Gasteiger partial charge in [0.15, 0.2) is 11.5 Å². The van der Waals surface area contributed by atoms with Crippen LogP contribution < -0.4 is 0 Å². The summed E-state index contributed by atoms with van der Waals surface area (Å²) in [4.78, 5) is 12.4. The van der Waals surface area contributed by atoms with Gasteiger partial charge in [0.05, 0.1) is 0 Å². The highest BCUT2D eigenvalue weighted by Gasteiger charge is 2.12. The molecule has 5 heteroatoms. The van der Waals surface area contributed by atoms with Crippen molar-refractivity contribution < 1.29 is 5.21 Å². The summed E-state index contributed by atoms with van der Waals surface area (Å²) < 4.78 is 1.00. The van der Waals surface area contributed by atoms with Crippen LogP contribution in [0, 0.1) is 0 Å². The molecule has 0 aromatic carbocycles. The van der Waals surface area contributed by atoms with E-state index in [2.05, 4.69) is 15.0 Å². The van der Waals surface area contributed by atoms with Crippen LogP contribution in [0.4, 0.5) is 0 Å². The van der Waals surface area contributed by atoms with Crippen molar-refractivity contribution in [1.82, 2.24) is 19.7 Å². The fourth-order valence-electron chi connectivity index (χ4n) is 1.56. The van der Waals surface area contributed by atoms with Gasteiger partial charge in [-0.15, -0.1) is 0 Å². The first-order valence-electron chi connectivity index (χ1n) is 4.80. The van der Waals surface area contributed by atoms with Crippen LogP contribution in [0.1, 0.15) is 0 Å². The van der Waals surface area contributed by atoms with Gasteiger partial charge in [-0.1, -0.05) is 6.07 Å². The normalized spacial score (nSPS) is 10.8. The van der Waals surface area contributed by atoms with E-state index in [1.165, 1.54) is 0 Å². The van der Waals surface area contributed by atoms with Crippen LogP contribution >= 0.6 is 0 Å². The quantitative estimate of drug-likeness (QED) is 0.624. The lowest BCUT2D eigenvalue weighted by molar-refractivity contribution is 0.203. The van der Waals surface area contributed by atoms with E-state index in [-0.39, 0.29) is 0 Å². The molecule has 0 aliphatic heterocycles. The second-order valence-electron chi connectivity index (χ2n) is 3.31. The van der Waals surface area contributed by atoms with Gasteiger partial charge in [-0.05, 0) is 24.3 Å². The minimum Gasteiger partial charge on any atom is -0.426 e. The summed E-state index contributed by atoms with van der Waals surface area (Å²) in [6, 6.07) is 8.94. The summed E-state index contributed by atoms with van der Waals surface area (Å²) in [5.74, 6) is 0.398. The van der Waals surface area contributed by atoms with Crippen molar-refractivity contribution in [3.63, 3.8) is 0 Å². The molecular weight excluding hydrogens is 204 g/mol. The number of fused-ring (bicyclic) bond motifs is 1. The molecule has 16 heavy (non-hydrogen) atoms. The van der Waals surface area contributed by atoms with Crippen LogP contribution in [0.5, 0.6) is 0 Å². The molecular formula is C11H8N4O. The van der Waals surface area contributed by atoms with E-state index < -0.39 is 0 Å². The Hall–Kier alpha value is -2.43. The molecule has 0 amide bonds. The lowest BCUT2D eigenvalue weighted by atomic mass is 10.3. The van der Waals surface area contributed by atoms with Crippen molar-refractivity contribution >= 4 is 11.2 Å². The first-order chi connectivity index (χ1) is 7.86. The molecule has 5 nitrogen and oxygen atoms in total. The van der Waals surface area contributed by atoms with Crippen molar-refractivity contribution in [3.05, 3.63) is 42.7 Å². The highest BCUT2D eigenvalue weighted by atomic mass is 16.5. The summed E-state index contributed by atoms with van der Waals surface area (Å²) in [6.07, 6.45) is 3.29. The summed E-state index contributed by atoms with van der Waals surface area (Å²) in [5.41, 5.74) is 1.69. The molecule has 3 heterocycles. The van der Waals surface area contributed by atoms with E-state index in [9.17, 15) is 5.21 Å². The largest absolute Gasteiger partial charge is 0.426 e. The van der Waals surface area contributed by atoms with Crippen LogP contribution in [0.15, 0.2) is 42.7 Å². The Balaban J connectivity index is 2.29.